The van der Waals surface area contributed by atoms with Gasteiger partial charge >= 0.3 is 0 Å². The number of nitrogen functional groups attached to an aromatic ring is 1. The van der Waals surface area contributed by atoms with Crippen LogP contribution in [0.2, 0.25) is 0 Å². The van der Waals surface area contributed by atoms with Gasteiger partial charge in [0.05, 0.1) is 17.6 Å². The fourth-order valence-corrected chi connectivity index (χ4v) is 1.56. The number of anilines is 1. The quantitative estimate of drug-likeness (QED) is 0.809. The van der Waals surface area contributed by atoms with E-state index in [1.807, 2.05) is 11.6 Å². The van der Waals surface area contributed by atoms with E-state index in [0.717, 1.165) is 17.5 Å². The molecule has 0 aliphatic carbocycles. The molecule has 0 spiro atoms. The monoisotopic (exact) mass is 205 g/mol. The van der Waals surface area contributed by atoms with Gasteiger partial charge in [-0.15, -0.1) is 0 Å². The molecule has 2 rings (SSSR count). The average molecular weight is 205 g/mol. The first kappa shape index (κ1) is 9.89. The van der Waals surface area contributed by atoms with Crippen molar-refractivity contribution in [2.24, 2.45) is 0 Å². The molecule has 0 aliphatic heterocycles. The molecule has 0 aromatic carbocycles. The molecular formula is C10H15N5. The van der Waals surface area contributed by atoms with Gasteiger partial charge in [-0.25, -0.2) is 14.6 Å². The molecule has 2 N–H and O–H groups in total. The van der Waals surface area contributed by atoms with E-state index in [1.165, 1.54) is 0 Å². The zero-order valence-corrected chi connectivity index (χ0v) is 9.23. The van der Waals surface area contributed by atoms with Gasteiger partial charge in [0.2, 0.25) is 0 Å². The Morgan fingerprint density at radius 1 is 1.47 bits per heavy atom. The molecule has 0 aliphatic rings. The number of aromatic nitrogens is 4. The summed E-state index contributed by atoms with van der Waals surface area (Å²) in [4.78, 5) is 8.49. The second kappa shape index (κ2) is 3.49. The summed E-state index contributed by atoms with van der Waals surface area (Å²) in [6.45, 7) is 6.07. The number of nitrogens with zero attached hydrogens (tertiary/aromatic N) is 4. The number of hydrogen-bond donors (Lipinski definition) is 1. The van der Waals surface area contributed by atoms with Crippen LogP contribution in [-0.2, 0) is 0 Å². The van der Waals surface area contributed by atoms with Crippen molar-refractivity contribution in [3.63, 3.8) is 0 Å². The summed E-state index contributed by atoms with van der Waals surface area (Å²) in [5, 5.41) is 5.14. The third-order valence-corrected chi connectivity index (χ3v) is 2.60. The van der Waals surface area contributed by atoms with Crippen LogP contribution < -0.4 is 5.73 Å². The highest BCUT2D eigenvalue weighted by atomic mass is 15.3. The molecule has 5 nitrogen and oxygen atoms in total. The van der Waals surface area contributed by atoms with Crippen molar-refractivity contribution in [1.29, 1.82) is 0 Å². The Bertz CT molecular complexity index is 488. The minimum absolute atomic E-state index is 0.330. The van der Waals surface area contributed by atoms with Crippen molar-refractivity contribution < 1.29 is 0 Å². The second-order valence-corrected chi connectivity index (χ2v) is 3.74. The van der Waals surface area contributed by atoms with E-state index in [4.69, 9.17) is 5.73 Å². The van der Waals surface area contributed by atoms with Crippen molar-refractivity contribution in [3.8, 4) is 0 Å². The molecule has 0 fully saturated rings. The first-order valence-electron chi connectivity index (χ1n) is 5.10. The van der Waals surface area contributed by atoms with Crippen LogP contribution in [0, 0.1) is 6.92 Å². The molecule has 80 valence electrons. The van der Waals surface area contributed by atoms with Crippen LogP contribution in [0.25, 0.3) is 11.0 Å². The molecule has 1 atom stereocenters. The molecule has 2 aromatic heterocycles. The van der Waals surface area contributed by atoms with Gasteiger partial charge in [0, 0.05) is 0 Å². The summed E-state index contributed by atoms with van der Waals surface area (Å²) in [5.74, 6) is 1.19. The number of rotatable bonds is 2. The van der Waals surface area contributed by atoms with Crippen molar-refractivity contribution >= 4 is 16.9 Å². The van der Waals surface area contributed by atoms with Crippen molar-refractivity contribution in [3.05, 3.63) is 12.0 Å². The largest absolute Gasteiger partial charge is 0.383 e. The molecular weight excluding hydrogens is 190 g/mol. The molecule has 0 bridgehead atoms. The third kappa shape index (κ3) is 1.54. The van der Waals surface area contributed by atoms with Gasteiger partial charge in [-0.3, -0.25) is 0 Å². The lowest BCUT2D eigenvalue weighted by molar-refractivity contribution is 0.489. The van der Waals surface area contributed by atoms with Crippen LogP contribution in [0.4, 0.5) is 5.82 Å². The summed E-state index contributed by atoms with van der Waals surface area (Å²) in [7, 11) is 0. The number of aryl methyl sites for hydroxylation is 1. The minimum atomic E-state index is 0.330. The van der Waals surface area contributed by atoms with Crippen LogP contribution in [0.1, 0.15) is 32.1 Å². The van der Waals surface area contributed by atoms with Gasteiger partial charge in [0.15, 0.2) is 5.65 Å². The highest BCUT2D eigenvalue weighted by Crippen LogP contribution is 2.21. The molecule has 1 unspecified atom stereocenters. The molecule has 2 aromatic rings. The molecule has 0 amide bonds. The number of hydrogen-bond acceptors (Lipinski definition) is 4. The van der Waals surface area contributed by atoms with Gasteiger partial charge in [-0.1, -0.05) is 6.92 Å². The fraction of sp³-hybridized carbons (Fsp3) is 0.500. The summed E-state index contributed by atoms with van der Waals surface area (Å²) in [5.41, 5.74) is 6.64. The number of nitrogens with two attached hydrogens (primary N) is 1. The third-order valence-electron chi connectivity index (χ3n) is 2.60. The average Bonchev–Trinajstić information content (AvgIpc) is 2.60. The Morgan fingerprint density at radius 2 is 2.20 bits per heavy atom. The van der Waals surface area contributed by atoms with Crippen LogP contribution in [0.3, 0.4) is 0 Å². The maximum absolute atomic E-state index is 5.81. The van der Waals surface area contributed by atoms with Crippen LogP contribution in [0.15, 0.2) is 6.20 Å². The van der Waals surface area contributed by atoms with Crippen LogP contribution in [-0.4, -0.2) is 19.7 Å². The summed E-state index contributed by atoms with van der Waals surface area (Å²) in [6, 6.07) is 0.330. The topological polar surface area (TPSA) is 69.6 Å². The zero-order valence-electron chi connectivity index (χ0n) is 9.23. The maximum Gasteiger partial charge on any atom is 0.163 e. The molecule has 2 heterocycles. The molecule has 0 saturated carbocycles. The highest BCUT2D eigenvalue weighted by molar-refractivity contribution is 5.85. The lowest BCUT2D eigenvalue weighted by Gasteiger charge is -2.09. The van der Waals surface area contributed by atoms with Gasteiger partial charge in [0.1, 0.15) is 11.6 Å². The van der Waals surface area contributed by atoms with E-state index >= 15 is 0 Å². The van der Waals surface area contributed by atoms with Gasteiger partial charge in [-0.2, -0.15) is 5.10 Å². The summed E-state index contributed by atoms with van der Waals surface area (Å²) in [6.07, 6.45) is 2.75. The van der Waals surface area contributed by atoms with E-state index in [2.05, 4.69) is 28.9 Å². The fourth-order valence-electron chi connectivity index (χ4n) is 1.56. The molecule has 0 radical (unpaired) electrons. The maximum atomic E-state index is 5.81. The first-order chi connectivity index (χ1) is 7.13. The minimum Gasteiger partial charge on any atom is -0.383 e. The van der Waals surface area contributed by atoms with Crippen LogP contribution >= 0.6 is 0 Å². The van der Waals surface area contributed by atoms with E-state index in [9.17, 15) is 0 Å². The van der Waals surface area contributed by atoms with Gasteiger partial charge < -0.3 is 5.73 Å². The Labute approximate surface area is 88.3 Å². The molecule has 0 saturated heterocycles. The second-order valence-electron chi connectivity index (χ2n) is 3.74. The van der Waals surface area contributed by atoms with Gasteiger partial charge in [0.25, 0.3) is 0 Å². The molecule has 5 heteroatoms. The lowest BCUT2D eigenvalue weighted by atomic mass is 10.2. The summed E-state index contributed by atoms with van der Waals surface area (Å²) < 4.78 is 1.90. The predicted octanol–water partition coefficient (Wildman–Crippen LogP) is 1.69. The first-order valence-corrected chi connectivity index (χ1v) is 5.10. The predicted molar refractivity (Wildman–Crippen MR) is 59.5 cm³/mol. The standard InChI is InChI=1S/C10H15N5/c1-4-6(2)15-10-8(5-12-15)9(11)13-7(3)14-10/h5-6H,4H2,1-3H3,(H2,11,13,14). The van der Waals surface area contributed by atoms with Crippen LogP contribution in [0.5, 0.6) is 0 Å². The van der Waals surface area contributed by atoms with Gasteiger partial charge in [-0.05, 0) is 20.3 Å². The Hall–Kier alpha value is -1.65. The number of fused-ring (bicyclic) bond motifs is 1. The Balaban J connectivity index is 2.68. The van der Waals surface area contributed by atoms with E-state index in [-0.39, 0.29) is 0 Å². The lowest BCUT2D eigenvalue weighted by Crippen LogP contribution is -2.07. The normalized spacial score (nSPS) is 13.3. The molecule has 15 heavy (non-hydrogen) atoms. The zero-order chi connectivity index (χ0) is 11.0. The van der Waals surface area contributed by atoms with E-state index < -0.39 is 0 Å². The van der Waals surface area contributed by atoms with E-state index in [0.29, 0.717) is 17.7 Å². The Kier molecular flexibility index (Phi) is 2.30. The summed E-state index contributed by atoms with van der Waals surface area (Å²) >= 11 is 0. The Morgan fingerprint density at radius 3 is 2.87 bits per heavy atom. The highest BCUT2D eigenvalue weighted by Gasteiger charge is 2.12. The van der Waals surface area contributed by atoms with Crippen molar-refractivity contribution in [2.45, 2.75) is 33.2 Å². The SMILES string of the molecule is CCC(C)n1ncc2c(N)nc(C)nc21. The van der Waals surface area contributed by atoms with Crippen molar-refractivity contribution in [2.75, 3.05) is 5.73 Å². The van der Waals surface area contributed by atoms with Crippen molar-refractivity contribution in [1.82, 2.24) is 19.7 Å². The smallest absolute Gasteiger partial charge is 0.163 e. The van der Waals surface area contributed by atoms with E-state index in [1.54, 1.807) is 6.20 Å².